The van der Waals surface area contributed by atoms with Crippen molar-refractivity contribution in [2.24, 2.45) is 7.89 Å². The van der Waals surface area contributed by atoms with Crippen molar-refractivity contribution in [2.45, 2.75) is 0 Å². The number of nitrogens with two attached hydrogens (primary N) is 3. The maximum atomic E-state index is 6.57. The molecule has 0 saturated heterocycles. The van der Waals surface area contributed by atoms with Gasteiger partial charge in [-0.3, -0.25) is 10.9 Å². The van der Waals surface area contributed by atoms with E-state index in [1.54, 1.807) is 0 Å². The first-order valence-corrected chi connectivity index (χ1v) is 22.6. The first-order chi connectivity index (χ1) is 25.4. The van der Waals surface area contributed by atoms with Gasteiger partial charge in [0.2, 0.25) is 0 Å². The number of hydrogen-bond donors (Lipinski definition) is 7. The van der Waals surface area contributed by atoms with Crippen molar-refractivity contribution in [1.82, 2.24) is 0 Å². The summed E-state index contributed by atoms with van der Waals surface area (Å²) < 4.78 is 18.3. The Hall–Kier alpha value is -3.72. The van der Waals surface area contributed by atoms with Crippen molar-refractivity contribution in [1.29, 1.82) is 0 Å². The Labute approximate surface area is 353 Å². The van der Waals surface area contributed by atoms with E-state index in [2.05, 4.69) is 180 Å². The second-order valence-electron chi connectivity index (χ2n) is 11.3. The van der Waals surface area contributed by atoms with Crippen LogP contribution < -0.4 is 76.3 Å². The minimum Gasteiger partial charge on any atom is -0.0125 e. The van der Waals surface area contributed by atoms with Gasteiger partial charge in [0.05, 0.1) is 22.9 Å². The van der Waals surface area contributed by atoms with Crippen molar-refractivity contribution < 1.29 is 43.0 Å². The average molecular weight is 1130 g/mol. The van der Waals surface area contributed by atoms with Gasteiger partial charge in [0.25, 0.3) is 0 Å². The number of hydrogen-bond acceptors (Lipinski definition) is 7. The average Bonchev–Trinajstić information content (AvgIpc) is 3.19. The van der Waals surface area contributed by atoms with E-state index >= 15 is 0 Å². The largest absolute Gasteiger partial charge is 0.0125 e. The van der Waals surface area contributed by atoms with Gasteiger partial charge < -0.3 is 14.6 Å². The molecule has 0 bridgehead atoms. The summed E-state index contributed by atoms with van der Waals surface area (Å²) >= 11 is 3.61. The van der Waals surface area contributed by atoms with Crippen LogP contribution in [0.4, 0.5) is 28.4 Å². The van der Waals surface area contributed by atoms with Crippen LogP contribution >= 0.6 is 45.5 Å². The third-order valence-electron chi connectivity index (χ3n) is 8.03. The maximum Gasteiger partial charge on any atom is -0.0125 e. The van der Waals surface area contributed by atoms with Gasteiger partial charge in [-0.05, 0) is 46.9 Å². The van der Waals surface area contributed by atoms with Crippen molar-refractivity contribution in [3.05, 3.63) is 154 Å². The monoisotopic (exact) mass is 1130 g/mol. The molecule has 6 aromatic carbocycles. The quantitative estimate of drug-likeness (QED) is 0.0391. The predicted octanol–water partition coefficient (Wildman–Crippen LogP) is 2.51. The van der Waals surface area contributed by atoms with Gasteiger partial charge in [-0.25, -0.2) is 0 Å². The molecule has 52 heavy (non-hydrogen) atoms. The first kappa shape index (κ1) is 38.0. The Morgan fingerprint density at radius 3 is 1.40 bits per heavy atom. The van der Waals surface area contributed by atoms with E-state index in [0.717, 1.165) is 65.3 Å². The van der Waals surface area contributed by atoms with Crippen LogP contribution in [0, 0.1) is 34.4 Å². The molecule has 0 atom stereocenters. The minimum atomic E-state index is -0.411. The van der Waals surface area contributed by atoms with E-state index in [1.807, 2.05) is 37.4 Å². The van der Waals surface area contributed by atoms with Gasteiger partial charge >= 0.3 is 244 Å². The van der Waals surface area contributed by atoms with Crippen LogP contribution in [0.3, 0.4) is 0 Å². The van der Waals surface area contributed by atoms with Gasteiger partial charge in [0.1, 0.15) is 0 Å². The normalized spacial score (nSPS) is 10.5. The number of nitrogens with one attached hydrogen (secondary N) is 4. The van der Waals surface area contributed by atoms with Gasteiger partial charge in [0, 0.05) is 18.4 Å². The molecule has 0 amide bonds. The van der Waals surface area contributed by atoms with E-state index < -0.39 is 43.0 Å². The summed E-state index contributed by atoms with van der Waals surface area (Å²) in [6, 6.07) is 41.4. The van der Waals surface area contributed by atoms with E-state index in [1.165, 1.54) is 7.14 Å². The van der Waals surface area contributed by atoms with Crippen LogP contribution in [0.1, 0.15) is 22.3 Å². The van der Waals surface area contributed by atoms with Crippen LogP contribution in [0.5, 0.6) is 0 Å². The Kier molecular flexibility index (Phi) is 13.4. The number of nitrogen functional groups attached to an aromatic ring is 1. The molecular weight excluding hydrogens is 1100 g/mol. The van der Waals surface area contributed by atoms with E-state index in [4.69, 9.17) is 13.6 Å². The fourth-order valence-electron chi connectivity index (χ4n) is 5.26. The van der Waals surface area contributed by atoms with Crippen molar-refractivity contribution in [2.75, 3.05) is 32.5 Å². The molecule has 0 aliphatic carbocycles. The third kappa shape index (κ3) is 9.63. The van der Waals surface area contributed by atoms with E-state index in [-0.39, 0.29) is 0 Å². The topological polar surface area (TPSA) is 126 Å². The van der Waals surface area contributed by atoms with Crippen molar-refractivity contribution in [3.8, 4) is 45.9 Å². The standard InChI is InChI=1S/C41H33I4N7/c1-49-34-22-38(42)36(20-6-26-2-8-28(9-3-26)30-12-16-32(44-47)17-13-30)40(24-34)51-52-41-25-35(50-43)23-39(46)37(41)21-7-27-4-10-29(11-5-27)31-14-18-33(45-48)19-15-31/h2-5,8-19,22-25,49-52H,46-48H2,1H3/q-2. The van der Waals surface area contributed by atoms with Gasteiger partial charge in [-0.1, -0.05) is 0 Å². The summed E-state index contributed by atoms with van der Waals surface area (Å²) in [5.41, 5.74) is 25.2. The van der Waals surface area contributed by atoms with Crippen LogP contribution in [-0.2, 0) is 0 Å². The summed E-state index contributed by atoms with van der Waals surface area (Å²) in [7, 11) is 1.90. The summed E-state index contributed by atoms with van der Waals surface area (Å²) in [6.45, 7) is 0. The van der Waals surface area contributed by atoms with Gasteiger partial charge in [-0.15, -0.1) is 0 Å². The molecule has 0 aliphatic heterocycles. The summed E-state index contributed by atoms with van der Waals surface area (Å²) in [5.74, 6) is 13.4. The van der Waals surface area contributed by atoms with Gasteiger partial charge in [0.15, 0.2) is 0 Å². The zero-order valence-corrected chi connectivity index (χ0v) is 36.4. The molecule has 6 aromatic rings. The number of halogens is 4. The molecule has 0 radical (unpaired) electrons. The number of benzene rings is 6. The van der Waals surface area contributed by atoms with Crippen molar-refractivity contribution >= 4 is 73.9 Å². The molecule has 7 nitrogen and oxygen atoms in total. The Bertz CT molecular complexity index is 2140. The van der Waals surface area contributed by atoms with E-state index in [9.17, 15) is 0 Å². The zero-order chi connectivity index (χ0) is 36.5. The molecule has 0 heterocycles. The summed E-state index contributed by atoms with van der Waals surface area (Å²) in [6.07, 6.45) is 0. The number of rotatable bonds is 9. The minimum absolute atomic E-state index is 0.407. The molecule has 10 N–H and O–H groups in total. The van der Waals surface area contributed by atoms with Crippen LogP contribution in [0.15, 0.2) is 121 Å². The molecular formula is C41H33I4N7-2. The first-order valence-electron chi connectivity index (χ1n) is 15.8. The molecule has 0 spiro atoms. The van der Waals surface area contributed by atoms with Gasteiger partial charge in [-0.2, -0.15) is 0 Å². The molecule has 0 fully saturated rings. The molecule has 0 unspecified atom stereocenters. The Balaban J connectivity index is 1.25. The molecule has 262 valence electrons. The molecule has 11 heteroatoms. The fourth-order valence-corrected chi connectivity index (χ4v) is 7.88. The molecule has 0 aliphatic rings. The predicted molar refractivity (Wildman–Crippen MR) is 226 cm³/mol. The Morgan fingerprint density at radius 2 is 0.962 bits per heavy atom. The summed E-state index contributed by atoms with van der Waals surface area (Å²) in [4.78, 5) is 0. The second-order valence-corrected chi connectivity index (χ2v) is 16.8. The maximum absolute atomic E-state index is 6.57. The number of hydrazine groups is 1. The second kappa shape index (κ2) is 18.4. The van der Waals surface area contributed by atoms with Crippen LogP contribution in [0.25, 0.3) is 22.3 Å². The van der Waals surface area contributed by atoms with Crippen LogP contribution in [-0.4, -0.2) is 7.05 Å². The Morgan fingerprint density at radius 1 is 0.538 bits per heavy atom. The molecule has 6 rings (SSSR count). The smallest absolute Gasteiger partial charge is 0.0125 e. The molecule has 0 saturated carbocycles. The SMILES string of the molecule is CNc1cc(I)c(C#Cc2ccc(-c3ccc([I-]N)cc3)cc2)c(NNc2cc(NI)cc(N)c2C#Cc2ccc(-c3ccc([I-]N)cc3)cc2)c1. The number of anilines is 5. The fraction of sp³-hybridized carbons (Fsp3) is 0.0244. The molecule has 0 aromatic heterocycles. The summed E-state index contributed by atoms with van der Waals surface area (Å²) in [5, 5.41) is 3.25. The van der Waals surface area contributed by atoms with E-state index in [0.29, 0.717) is 11.3 Å². The third-order valence-corrected chi connectivity index (χ3v) is 12.4. The zero-order valence-electron chi connectivity index (χ0n) is 27.8. The van der Waals surface area contributed by atoms with Crippen LogP contribution in [0.2, 0.25) is 0 Å². The van der Waals surface area contributed by atoms with Crippen molar-refractivity contribution in [3.63, 3.8) is 0 Å².